The molecule has 0 bridgehead atoms. The molecule has 0 spiro atoms. The van der Waals surface area contributed by atoms with Crippen molar-refractivity contribution in [2.75, 3.05) is 19.6 Å². The smallest absolute Gasteiger partial charge is 0.123 e. The van der Waals surface area contributed by atoms with Crippen molar-refractivity contribution >= 4 is 0 Å². The molecule has 2 atom stereocenters. The summed E-state index contributed by atoms with van der Waals surface area (Å²) in [6.07, 6.45) is 4.62. The monoisotopic (exact) mass is 278 g/mol. The lowest BCUT2D eigenvalue weighted by molar-refractivity contribution is 0.0585. The van der Waals surface area contributed by atoms with Crippen LogP contribution < -0.4 is 5.73 Å². The van der Waals surface area contributed by atoms with Gasteiger partial charge in [-0.15, -0.1) is 0 Å². The van der Waals surface area contributed by atoms with Crippen LogP contribution in [0.15, 0.2) is 24.3 Å². The van der Waals surface area contributed by atoms with Gasteiger partial charge in [-0.2, -0.15) is 0 Å². The zero-order chi connectivity index (χ0) is 14.6. The molecule has 2 N–H and O–H groups in total. The highest BCUT2D eigenvalue weighted by molar-refractivity contribution is 5.19. The highest BCUT2D eigenvalue weighted by Crippen LogP contribution is 2.28. The van der Waals surface area contributed by atoms with E-state index in [4.69, 9.17) is 5.73 Å². The molecule has 1 aliphatic rings. The fourth-order valence-electron chi connectivity index (χ4n) is 3.29. The predicted molar refractivity (Wildman–Crippen MR) is 82.2 cm³/mol. The van der Waals surface area contributed by atoms with Crippen LogP contribution in [-0.4, -0.2) is 30.1 Å². The maximum atomic E-state index is 13.4. The van der Waals surface area contributed by atoms with Crippen LogP contribution in [0.25, 0.3) is 0 Å². The Bertz CT molecular complexity index is 435. The average Bonchev–Trinajstić information content (AvgIpc) is 2.47. The number of hydrogen-bond acceptors (Lipinski definition) is 2. The molecule has 2 unspecified atom stereocenters. The van der Waals surface area contributed by atoms with Gasteiger partial charge >= 0.3 is 0 Å². The first kappa shape index (κ1) is 15.5. The van der Waals surface area contributed by atoms with E-state index < -0.39 is 0 Å². The second-order valence-corrected chi connectivity index (χ2v) is 6.37. The number of nitrogens with two attached hydrogens (primary N) is 1. The number of rotatable bonds is 5. The zero-order valence-corrected chi connectivity index (χ0v) is 12.7. The molecule has 1 saturated heterocycles. The van der Waals surface area contributed by atoms with Gasteiger partial charge in [-0.3, -0.25) is 4.90 Å². The Labute approximate surface area is 122 Å². The first-order valence-corrected chi connectivity index (χ1v) is 7.77. The number of nitrogens with zero attached hydrogens (tertiary/aromatic N) is 1. The molecule has 0 saturated carbocycles. The van der Waals surface area contributed by atoms with Crippen molar-refractivity contribution in [1.29, 1.82) is 0 Å². The van der Waals surface area contributed by atoms with Crippen LogP contribution in [0, 0.1) is 11.7 Å². The van der Waals surface area contributed by atoms with Gasteiger partial charge in [-0.05, 0) is 56.3 Å². The lowest BCUT2D eigenvalue weighted by atomic mass is 9.86. The minimum atomic E-state index is -0.160. The van der Waals surface area contributed by atoms with E-state index in [0.29, 0.717) is 6.54 Å². The van der Waals surface area contributed by atoms with E-state index in [1.165, 1.54) is 25.3 Å². The van der Waals surface area contributed by atoms with Gasteiger partial charge in [0.05, 0.1) is 0 Å². The van der Waals surface area contributed by atoms with Crippen LogP contribution >= 0.6 is 0 Å². The van der Waals surface area contributed by atoms with Crippen molar-refractivity contribution in [1.82, 2.24) is 4.90 Å². The van der Waals surface area contributed by atoms with Gasteiger partial charge < -0.3 is 5.73 Å². The van der Waals surface area contributed by atoms with E-state index in [9.17, 15) is 4.39 Å². The van der Waals surface area contributed by atoms with E-state index in [1.807, 2.05) is 6.07 Å². The summed E-state index contributed by atoms with van der Waals surface area (Å²) in [7, 11) is 0. The molecule has 3 heteroatoms. The van der Waals surface area contributed by atoms with E-state index in [0.717, 1.165) is 31.0 Å². The summed E-state index contributed by atoms with van der Waals surface area (Å²) in [6.45, 7) is 7.33. The van der Waals surface area contributed by atoms with Crippen molar-refractivity contribution in [2.45, 2.75) is 45.1 Å². The second kappa shape index (κ2) is 6.68. The van der Waals surface area contributed by atoms with Crippen molar-refractivity contribution in [2.24, 2.45) is 11.7 Å². The van der Waals surface area contributed by atoms with Crippen LogP contribution in [-0.2, 0) is 6.42 Å². The number of benzene rings is 1. The third kappa shape index (κ3) is 3.58. The minimum Gasteiger partial charge on any atom is -0.329 e. The van der Waals surface area contributed by atoms with Gasteiger partial charge in [0.15, 0.2) is 0 Å². The normalized spacial score (nSPS) is 23.5. The second-order valence-electron chi connectivity index (χ2n) is 6.37. The molecule has 2 nitrogen and oxygen atoms in total. The topological polar surface area (TPSA) is 29.3 Å². The van der Waals surface area contributed by atoms with Gasteiger partial charge in [-0.25, -0.2) is 4.39 Å². The zero-order valence-electron chi connectivity index (χ0n) is 12.7. The van der Waals surface area contributed by atoms with Crippen molar-refractivity contribution in [3.05, 3.63) is 35.6 Å². The molecule has 20 heavy (non-hydrogen) atoms. The highest BCUT2D eigenvalue weighted by Gasteiger charge is 2.33. The predicted octanol–water partition coefficient (Wildman–Crippen LogP) is 3.21. The molecular formula is C17H27FN2. The molecule has 1 aromatic carbocycles. The Balaban J connectivity index is 2.11. The summed E-state index contributed by atoms with van der Waals surface area (Å²) in [6, 6.07) is 6.91. The van der Waals surface area contributed by atoms with Gasteiger partial charge in [0.1, 0.15) is 5.82 Å². The first-order chi connectivity index (χ1) is 9.57. The summed E-state index contributed by atoms with van der Waals surface area (Å²) in [5.41, 5.74) is 7.05. The quantitative estimate of drug-likeness (QED) is 0.896. The largest absolute Gasteiger partial charge is 0.329 e. The van der Waals surface area contributed by atoms with Crippen molar-refractivity contribution in [3.63, 3.8) is 0 Å². The number of hydrogen-bond donors (Lipinski definition) is 1. The third-order valence-corrected chi connectivity index (χ3v) is 4.77. The summed E-state index contributed by atoms with van der Waals surface area (Å²) < 4.78 is 13.4. The SMILES string of the molecule is CCC1CCCN(C(C)(CN)Cc2cccc(F)c2)C1. The minimum absolute atomic E-state index is 0.0678. The van der Waals surface area contributed by atoms with Crippen LogP contribution in [0.2, 0.25) is 0 Å². The fourth-order valence-corrected chi connectivity index (χ4v) is 3.29. The molecule has 2 rings (SSSR count). The summed E-state index contributed by atoms with van der Waals surface area (Å²) >= 11 is 0. The Morgan fingerprint density at radius 2 is 2.25 bits per heavy atom. The summed E-state index contributed by atoms with van der Waals surface area (Å²) in [5, 5.41) is 0. The highest BCUT2D eigenvalue weighted by atomic mass is 19.1. The standard InChI is InChI=1S/C17H27FN2/c1-3-14-7-5-9-20(12-14)17(2,13-19)11-15-6-4-8-16(18)10-15/h4,6,8,10,14H,3,5,7,9,11-13,19H2,1-2H3. The number of halogens is 1. The lowest BCUT2D eigenvalue weighted by Crippen LogP contribution is -2.56. The summed E-state index contributed by atoms with van der Waals surface area (Å²) in [5.74, 6) is 0.620. The van der Waals surface area contributed by atoms with Crippen molar-refractivity contribution < 1.29 is 4.39 Å². The van der Waals surface area contributed by atoms with Crippen LogP contribution in [0.4, 0.5) is 4.39 Å². The molecule has 1 fully saturated rings. The molecule has 0 radical (unpaired) electrons. The Morgan fingerprint density at radius 1 is 1.45 bits per heavy atom. The molecule has 112 valence electrons. The van der Waals surface area contributed by atoms with Gasteiger partial charge in [-0.1, -0.05) is 25.5 Å². The van der Waals surface area contributed by atoms with E-state index in [-0.39, 0.29) is 11.4 Å². The van der Waals surface area contributed by atoms with Crippen molar-refractivity contribution in [3.8, 4) is 0 Å². The Morgan fingerprint density at radius 3 is 2.90 bits per heavy atom. The van der Waals surface area contributed by atoms with Gasteiger partial charge in [0, 0.05) is 18.6 Å². The van der Waals surface area contributed by atoms with Crippen LogP contribution in [0.5, 0.6) is 0 Å². The lowest BCUT2D eigenvalue weighted by Gasteiger charge is -2.45. The summed E-state index contributed by atoms with van der Waals surface area (Å²) in [4.78, 5) is 2.52. The maximum Gasteiger partial charge on any atom is 0.123 e. The van der Waals surface area contributed by atoms with Crippen LogP contribution in [0.3, 0.4) is 0 Å². The molecule has 1 aromatic rings. The average molecular weight is 278 g/mol. The Kier molecular flexibility index (Phi) is 5.17. The molecule has 0 amide bonds. The van der Waals surface area contributed by atoms with Crippen LogP contribution in [0.1, 0.15) is 38.7 Å². The molecule has 0 aromatic heterocycles. The molecule has 0 aliphatic carbocycles. The molecular weight excluding hydrogens is 251 g/mol. The number of piperidine rings is 1. The van der Waals surface area contributed by atoms with E-state index in [2.05, 4.69) is 18.7 Å². The molecule has 1 heterocycles. The first-order valence-electron chi connectivity index (χ1n) is 7.77. The number of likely N-dealkylation sites (tertiary alicyclic amines) is 1. The maximum absolute atomic E-state index is 13.4. The van der Waals surface area contributed by atoms with Gasteiger partial charge in [0.25, 0.3) is 0 Å². The van der Waals surface area contributed by atoms with E-state index in [1.54, 1.807) is 12.1 Å². The molecule has 1 aliphatic heterocycles. The fraction of sp³-hybridized carbons (Fsp3) is 0.647. The van der Waals surface area contributed by atoms with E-state index >= 15 is 0 Å². The Hall–Kier alpha value is -0.930. The van der Waals surface area contributed by atoms with Gasteiger partial charge in [0.2, 0.25) is 0 Å². The third-order valence-electron chi connectivity index (χ3n) is 4.77.